The van der Waals surface area contributed by atoms with Gasteiger partial charge in [0.25, 0.3) is 10.1 Å². The first-order valence-electron chi connectivity index (χ1n) is 8.55. The number of hydrogen-bond donors (Lipinski definition) is 1. The van der Waals surface area contributed by atoms with Gasteiger partial charge < -0.3 is 4.42 Å². The molecule has 31 heavy (non-hydrogen) atoms. The van der Waals surface area contributed by atoms with E-state index in [1.54, 1.807) is 0 Å². The smallest absolute Gasteiger partial charge is 0.425 e. The lowest BCUT2D eigenvalue weighted by Gasteiger charge is -1.98. The lowest BCUT2D eigenvalue weighted by molar-refractivity contribution is 0.490. The summed E-state index contributed by atoms with van der Waals surface area (Å²) in [5, 5.41) is 7.31. The molecule has 0 saturated heterocycles. The van der Waals surface area contributed by atoms with Crippen molar-refractivity contribution in [1.29, 1.82) is 0 Å². The topological polar surface area (TPSA) is 119 Å². The minimum Gasteiger partial charge on any atom is -0.456 e. The molecule has 0 atom stereocenters. The highest BCUT2D eigenvalue weighted by atomic mass is 32.2. The van der Waals surface area contributed by atoms with E-state index in [2.05, 4.69) is 72.8 Å². The first-order valence-corrected chi connectivity index (χ1v) is 11.4. The molecule has 1 N–H and O–H groups in total. The van der Waals surface area contributed by atoms with Crippen molar-refractivity contribution in [3.8, 4) is 0 Å². The van der Waals surface area contributed by atoms with Crippen LogP contribution in [0.2, 0.25) is 0 Å². The third-order valence-electron chi connectivity index (χ3n) is 4.21. The fraction of sp³-hybridized carbons (Fsp3) is 0.0909. The van der Waals surface area contributed by atoms with Gasteiger partial charge in [0.05, 0.1) is 6.26 Å². The van der Waals surface area contributed by atoms with Crippen molar-refractivity contribution in [1.82, 2.24) is 0 Å². The van der Waals surface area contributed by atoms with Crippen LogP contribution in [-0.2, 0) is 20.7 Å². The van der Waals surface area contributed by atoms with Crippen LogP contribution in [0.25, 0.3) is 43.5 Å². The van der Waals surface area contributed by atoms with Crippen LogP contribution in [0.1, 0.15) is 7.43 Å². The minimum absolute atomic E-state index is 0. The molecule has 0 fully saturated rings. The van der Waals surface area contributed by atoms with Crippen molar-refractivity contribution in [3.63, 3.8) is 0 Å². The normalized spacial score (nSPS) is 10.6. The van der Waals surface area contributed by atoms with Crippen LogP contribution < -0.4 is 0 Å². The fourth-order valence-electron chi connectivity index (χ4n) is 3.15. The van der Waals surface area contributed by atoms with Gasteiger partial charge in [-0.1, -0.05) is 56.0 Å². The molecule has 1 heterocycles. The van der Waals surface area contributed by atoms with E-state index >= 15 is 0 Å². The molecule has 9 heteroatoms. The predicted octanol–water partition coefficient (Wildman–Crippen LogP) is 5.03. The zero-order chi connectivity index (χ0) is 21.9. The van der Waals surface area contributed by atoms with Gasteiger partial charge in [0.2, 0.25) is 0 Å². The summed E-state index contributed by atoms with van der Waals surface area (Å²) in [5.74, 6) is 0. The first kappa shape index (κ1) is 24.0. The first-order chi connectivity index (χ1) is 14.1. The van der Waals surface area contributed by atoms with E-state index in [0.29, 0.717) is 6.26 Å². The number of rotatable bonds is 0. The van der Waals surface area contributed by atoms with E-state index in [1.165, 1.54) is 32.3 Å². The Bertz CT molecular complexity index is 1480. The Morgan fingerprint density at radius 3 is 1.26 bits per heavy atom. The van der Waals surface area contributed by atoms with Gasteiger partial charge in [0.15, 0.2) is 0 Å². The van der Waals surface area contributed by atoms with E-state index in [0.717, 1.165) is 11.2 Å². The summed E-state index contributed by atoms with van der Waals surface area (Å²) in [6.07, 6.45) is 0.715. The standard InChI is InChI=1S/C20H12O.CH4O3S.CH4.O3S/c1-3-7-15-11-19-17(9-13(15)5-1)18-10-14-6-2-4-8-16(14)12-20(18)21-19;1-5(2,3)4;;1-4(2)3/h1-12H;1H3,(H,2,3,4);1H4;. The third kappa shape index (κ3) is 6.35. The molecule has 7 nitrogen and oxygen atoms in total. The number of benzene rings is 4. The maximum Gasteiger partial charge on any atom is 0.425 e. The van der Waals surface area contributed by atoms with E-state index in [1.807, 2.05) is 0 Å². The fourth-order valence-corrected chi connectivity index (χ4v) is 3.15. The molecule has 0 radical (unpaired) electrons. The molecule has 5 rings (SSSR count). The second-order valence-corrected chi connectivity index (χ2v) is 8.30. The quantitative estimate of drug-likeness (QED) is 0.322. The number of fused-ring (bicyclic) bond motifs is 5. The maximum atomic E-state index is 9.19. The van der Waals surface area contributed by atoms with Crippen LogP contribution in [0.15, 0.2) is 77.2 Å². The summed E-state index contributed by atoms with van der Waals surface area (Å²) < 4.78 is 57.3. The van der Waals surface area contributed by atoms with Crippen LogP contribution in [0.4, 0.5) is 0 Å². The van der Waals surface area contributed by atoms with E-state index < -0.39 is 20.7 Å². The van der Waals surface area contributed by atoms with E-state index in [9.17, 15) is 8.42 Å². The predicted molar refractivity (Wildman–Crippen MR) is 123 cm³/mol. The van der Waals surface area contributed by atoms with Crippen LogP contribution in [0.3, 0.4) is 0 Å². The molecular formula is C22H20O7S2. The van der Waals surface area contributed by atoms with Gasteiger partial charge in [-0.05, 0) is 45.8 Å². The molecule has 0 bridgehead atoms. The molecule has 0 spiro atoms. The zero-order valence-corrected chi connectivity index (χ0v) is 17.3. The van der Waals surface area contributed by atoms with Crippen LogP contribution in [0.5, 0.6) is 0 Å². The molecule has 162 valence electrons. The zero-order valence-electron chi connectivity index (χ0n) is 15.6. The number of furan rings is 1. The highest BCUT2D eigenvalue weighted by molar-refractivity contribution is 7.85. The van der Waals surface area contributed by atoms with Crippen molar-refractivity contribution in [3.05, 3.63) is 72.8 Å². The molecule has 0 aliphatic rings. The largest absolute Gasteiger partial charge is 0.456 e. The Labute approximate surface area is 180 Å². The average Bonchev–Trinajstić information content (AvgIpc) is 2.99. The summed E-state index contributed by atoms with van der Waals surface area (Å²) in [4.78, 5) is 0. The Hall–Kier alpha value is -3.27. The highest BCUT2D eigenvalue weighted by Gasteiger charge is 2.09. The molecule has 1 aromatic heterocycles. The molecule has 5 aromatic rings. The SMILES string of the molecule is C.CS(=O)(=O)O.O=S(=O)=O.c1ccc2cc3c(cc2c1)oc1cc2ccccc2cc13. The third-order valence-corrected chi connectivity index (χ3v) is 4.21. The van der Waals surface area contributed by atoms with Crippen molar-refractivity contribution >= 4 is 64.2 Å². The highest BCUT2D eigenvalue weighted by Crippen LogP contribution is 2.34. The minimum atomic E-state index is -3.67. The molecule has 0 amide bonds. The average molecular weight is 461 g/mol. The molecular weight excluding hydrogens is 440 g/mol. The second kappa shape index (κ2) is 9.69. The lowest BCUT2D eigenvalue weighted by atomic mass is 10.0. The van der Waals surface area contributed by atoms with Gasteiger partial charge in [0, 0.05) is 10.8 Å². The van der Waals surface area contributed by atoms with Crippen LogP contribution in [-0.4, -0.2) is 31.9 Å². The monoisotopic (exact) mass is 460 g/mol. The summed E-state index contributed by atoms with van der Waals surface area (Å²) in [6.45, 7) is 0. The number of hydrogen-bond acceptors (Lipinski definition) is 6. The summed E-state index contributed by atoms with van der Waals surface area (Å²) in [7, 11) is -6.78. The van der Waals surface area contributed by atoms with Gasteiger partial charge in [0.1, 0.15) is 11.2 Å². The Morgan fingerprint density at radius 1 is 0.710 bits per heavy atom. The molecule has 0 saturated carbocycles. The molecule has 4 aromatic carbocycles. The van der Waals surface area contributed by atoms with E-state index in [-0.39, 0.29) is 7.43 Å². The summed E-state index contributed by atoms with van der Waals surface area (Å²) >= 11 is 0. The van der Waals surface area contributed by atoms with Crippen molar-refractivity contribution < 1.29 is 30.0 Å². The lowest BCUT2D eigenvalue weighted by Crippen LogP contribution is -1.88. The molecule has 0 unspecified atom stereocenters. The van der Waals surface area contributed by atoms with E-state index in [4.69, 9.17) is 21.6 Å². The Morgan fingerprint density at radius 2 is 0.968 bits per heavy atom. The maximum absolute atomic E-state index is 9.19. The van der Waals surface area contributed by atoms with Gasteiger partial charge in [-0.25, -0.2) is 0 Å². The van der Waals surface area contributed by atoms with Gasteiger partial charge in [-0.3, -0.25) is 4.55 Å². The van der Waals surface area contributed by atoms with Crippen molar-refractivity contribution in [2.24, 2.45) is 0 Å². The van der Waals surface area contributed by atoms with Gasteiger partial charge >= 0.3 is 10.6 Å². The molecule has 0 aliphatic heterocycles. The van der Waals surface area contributed by atoms with Crippen LogP contribution in [0, 0.1) is 0 Å². The molecule has 0 aliphatic carbocycles. The summed E-state index contributed by atoms with van der Waals surface area (Å²) in [5.41, 5.74) is 1.91. The van der Waals surface area contributed by atoms with Crippen LogP contribution >= 0.6 is 0 Å². The van der Waals surface area contributed by atoms with Crippen molar-refractivity contribution in [2.75, 3.05) is 6.26 Å². The second-order valence-electron chi connectivity index (χ2n) is 6.43. The Kier molecular flexibility index (Phi) is 7.50. The Balaban J connectivity index is 0.000000295. The summed E-state index contributed by atoms with van der Waals surface area (Å²) in [6, 6.07) is 25.5. The van der Waals surface area contributed by atoms with Gasteiger partial charge in [-0.15, -0.1) is 12.6 Å². The van der Waals surface area contributed by atoms with Gasteiger partial charge in [-0.2, -0.15) is 8.42 Å². The van der Waals surface area contributed by atoms with Crippen molar-refractivity contribution in [2.45, 2.75) is 7.43 Å².